The molecule has 1 unspecified atom stereocenters. The minimum Gasteiger partial charge on any atom is -0.460 e. The number of hydrogen-bond donors (Lipinski definition) is 3. The molecule has 30 heavy (non-hydrogen) atoms. The van der Waals surface area contributed by atoms with Crippen molar-refractivity contribution in [3.05, 3.63) is 32.6 Å². The third-order valence-corrected chi connectivity index (χ3v) is 5.02. The Balaban J connectivity index is 1.69. The number of morpholine rings is 1. The first-order valence-corrected chi connectivity index (χ1v) is 9.76. The zero-order chi connectivity index (χ0) is 21.7. The van der Waals surface area contributed by atoms with Crippen LogP contribution in [0.5, 0.6) is 0 Å². The number of aromatic amines is 1. The maximum atomic E-state index is 12.5. The third kappa shape index (κ3) is 5.33. The van der Waals surface area contributed by atoms with E-state index in [1.165, 1.54) is 6.92 Å². The maximum Gasteiger partial charge on any atom is 0.330 e. The van der Waals surface area contributed by atoms with Crippen LogP contribution in [0.2, 0.25) is 0 Å². The highest BCUT2D eigenvalue weighted by Crippen LogP contribution is 2.29. The topological polar surface area (TPSA) is 152 Å². The van der Waals surface area contributed by atoms with Crippen LogP contribution in [-0.2, 0) is 19.0 Å². The molecule has 3 N–H and O–H groups in total. The van der Waals surface area contributed by atoms with Crippen LogP contribution in [0.15, 0.2) is 15.8 Å². The number of nitrogens with zero attached hydrogens (tertiary/aromatic N) is 2. The van der Waals surface area contributed by atoms with E-state index in [-0.39, 0.29) is 12.0 Å². The molecule has 0 spiro atoms. The van der Waals surface area contributed by atoms with Crippen LogP contribution in [-0.4, -0.2) is 89.6 Å². The number of rotatable bonds is 7. The zero-order valence-electron chi connectivity index (χ0n) is 16.7. The molecule has 12 heteroatoms. The SMILES string of the molecule is CC(=O)O[C@@H]1C[C@H](n2cc(C(=O)NCCN3CCOCC3)c(=O)[nH]c2=O)OC1CO. The summed E-state index contributed by atoms with van der Waals surface area (Å²) in [6, 6.07) is 0. The first kappa shape index (κ1) is 22.2. The Labute approximate surface area is 171 Å². The Bertz CT molecular complexity index is 876. The lowest BCUT2D eigenvalue weighted by atomic mass is 10.2. The van der Waals surface area contributed by atoms with Gasteiger partial charge in [-0.15, -0.1) is 0 Å². The highest BCUT2D eigenvalue weighted by atomic mass is 16.6. The molecular weight excluding hydrogens is 400 g/mol. The molecule has 2 fully saturated rings. The Morgan fingerprint density at radius 1 is 1.33 bits per heavy atom. The number of nitrogens with one attached hydrogen (secondary N) is 2. The van der Waals surface area contributed by atoms with E-state index in [1.54, 1.807) is 0 Å². The minimum absolute atomic E-state index is 0.0921. The molecule has 2 aliphatic rings. The Kier molecular flexibility index (Phi) is 7.37. The number of carbonyl (C=O) groups is 2. The first-order chi connectivity index (χ1) is 14.4. The Morgan fingerprint density at radius 2 is 2.07 bits per heavy atom. The van der Waals surface area contributed by atoms with Crippen LogP contribution in [0.25, 0.3) is 0 Å². The molecule has 1 aromatic rings. The van der Waals surface area contributed by atoms with Gasteiger partial charge in [-0.2, -0.15) is 0 Å². The van der Waals surface area contributed by atoms with Crippen LogP contribution in [0.3, 0.4) is 0 Å². The number of carbonyl (C=O) groups excluding carboxylic acids is 2. The van der Waals surface area contributed by atoms with E-state index in [0.717, 1.165) is 23.9 Å². The van der Waals surface area contributed by atoms with Gasteiger partial charge in [0.05, 0.1) is 19.8 Å². The number of esters is 1. The van der Waals surface area contributed by atoms with Crippen LogP contribution in [0.1, 0.15) is 29.9 Å². The Morgan fingerprint density at radius 3 is 2.73 bits per heavy atom. The highest BCUT2D eigenvalue weighted by Gasteiger charge is 2.38. The van der Waals surface area contributed by atoms with E-state index >= 15 is 0 Å². The number of aliphatic hydroxyl groups is 1. The summed E-state index contributed by atoms with van der Waals surface area (Å²) in [6.07, 6.45) is -1.25. The largest absolute Gasteiger partial charge is 0.460 e. The van der Waals surface area contributed by atoms with Crippen molar-refractivity contribution in [1.29, 1.82) is 0 Å². The van der Waals surface area contributed by atoms with E-state index in [9.17, 15) is 24.3 Å². The van der Waals surface area contributed by atoms with E-state index in [0.29, 0.717) is 26.3 Å². The van der Waals surface area contributed by atoms with Crippen LogP contribution in [0.4, 0.5) is 0 Å². The van der Waals surface area contributed by atoms with Crippen molar-refractivity contribution in [2.24, 2.45) is 0 Å². The molecule has 3 atom stereocenters. The molecule has 166 valence electrons. The predicted molar refractivity (Wildman–Crippen MR) is 102 cm³/mol. The summed E-state index contributed by atoms with van der Waals surface area (Å²) in [5.41, 5.74) is -1.82. The van der Waals surface area contributed by atoms with Gasteiger partial charge in [-0.1, -0.05) is 0 Å². The molecule has 0 aliphatic carbocycles. The Hall–Kier alpha value is -2.54. The van der Waals surface area contributed by atoms with E-state index in [1.807, 2.05) is 0 Å². The summed E-state index contributed by atoms with van der Waals surface area (Å²) in [7, 11) is 0. The summed E-state index contributed by atoms with van der Waals surface area (Å²) in [5, 5.41) is 12.1. The predicted octanol–water partition coefficient (Wildman–Crippen LogP) is -2.19. The molecule has 0 bridgehead atoms. The average molecular weight is 426 g/mol. The lowest BCUT2D eigenvalue weighted by Crippen LogP contribution is -2.43. The molecule has 0 aromatic carbocycles. The molecular formula is C18H26N4O8. The summed E-state index contributed by atoms with van der Waals surface area (Å²) in [6.45, 7) is 4.59. The zero-order valence-corrected chi connectivity index (χ0v) is 16.7. The number of aromatic nitrogens is 2. The molecule has 1 amide bonds. The van der Waals surface area contributed by atoms with Gasteiger partial charge in [0.25, 0.3) is 11.5 Å². The fourth-order valence-corrected chi connectivity index (χ4v) is 3.48. The second-order valence-electron chi connectivity index (χ2n) is 7.11. The van der Waals surface area contributed by atoms with Crippen LogP contribution < -0.4 is 16.6 Å². The molecule has 1 aromatic heterocycles. The van der Waals surface area contributed by atoms with Gasteiger partial charge in [-0.25, -0.2) is 4.79 Å². The van der Waals surface area contributed by atoms with Crippen molar-refractivity contribution in [3.63, 3.8) is 0 Å². The molecule has 2 aliphatic heterocycles. The standard InChI is InChI=1S/C18H26N4O8/c1-11(24)29-13-8-15(30-14(13)10-23)22-9-12(17(26)20-18(22)27)16(25)19-2-3-21-4-6-28-7-5-21/h9,13-15,23H,2-8,10H2,1H3,(H,19,25)(H,20,26,27)/t13-,14?,15-/m1/s1. The second-order valence-corrected chi connectivity index (χ2v) is 7.11. The summed E-state index contributed by atoms with van der Waals surface area (Å²) in [4.78, 5) is 52.3. The normalized spacial score (nSPS) is 24.5. The smallest absolute Gasteiger partial charge is 0.330 e. The fourth-order valence-electron chi connectivity index (χ4n) is 3.48. The van der Waals surface area contributed by atoms with Gasteiger partial charge in [0, 0.05) is 45.7 Å². The van der Waals surface area contributed by atoms with Crippen molar-refractivity contribution in [1.82, 2.24) is 19.8 Å². The van der Waals surface area contributed by atoms with Gasteiger partial charge in [0.15, 0.2) is 0 Å². The van der Waals surface area contributed by atoms with Crippen LogP contribution in [0, 0.1) is 0 Å². The number of amides is 1. The van der Waals surface area contributed by atoms with Gasteiger partial charge in [0.1, 0.15) is 24.0 Å². The van der Waals surface area contributed by atoms with Crippen molar-refractivity contribution < 1.29 is 28.9 Å². The number of ether oxygens (including phenoxy) is 3. The molecule has 3 rings (SSSR count). The van der Waals surface area contributed by atoms with Crippen molar-refractivity contribution in [2.45, 2.75) is 31.8 Å². The average Bonchev–Trinajstić information content (AvgIpc) is 3.10. The second kappa shape index (κ2) is 9.98. The van der Waals surface area contributed by atoms with Crippen molar-refractivity contribution in [3.8, 4) is 0 Å². The maximum absolute atomic E-state index is 12.5. The molecule has 12 nitrogen and oxygen atoms in total. The van der Waals surface area contributed by atoms with Gasteiger partial charge >= 0.3 is 11.7 Å². The van der Waals surface area contributed by atoms with Gasteiger partial charge in [-0.3, -0.25) is 28.8 Å². The van der Waals surface area contributed by atoms with Crippen LogP contribution >= 0.6 is 0 Å². The van der Waals surface area contributed by atoms with E-state index in [2.05, 4.69) is 15.2 Å². The number of hydrogen-bond acceptors (Lipinski definition) is 9. The summed E-state index contributed by atoms with van der Waals surface area (Å²) < 4.78 is 17.0. The van der Waals surface area contributed by atoms with E-state index < -0.39 is 48.2 Å². The summed E-state index contributed by atoms with van der Waals surface area (Å²) in [5.74, 6) is -1.16. The monoisotopic (exact) mass is 426 g/mol. The summed E-state index contributed by atoms with van der Waals surface area (Å²) >= 11 is 0. The molecule has 2 saturated heterocycles. The molecule has 0 saturated carbocycles. The minimum atomic E-state index is -0.907. The fraction of sp³-hybridized carbons (Fsp3) is 0.667. The van der Waals surface area contributed by atoms with E-state index in [4.69, 9.17) is 14.2 Å². The quantitative estimate of drug-likeness (QED) is 0.413. The highest BCUT2D eigenvalue weighted by molar-refractivity contribution is 5.93. The first-order valence-electron chi connectivity index (χ1n) is 9.76. The van der Waals surface area contributed by atoms with Gasteiger partial charge in [0.2, 0.25) is 0 Å². The number of H-pyrrole nitrogens is 1. The third-order valence-electron chi connectivity index (χ3n) is 5.02. The molecule has 3 heterocycles. The number of aliphatic hydroxyl groups excluding tert-OH is 1. The van der Waals surface area contributed by atoms with Crippen molar-refractivity contribution >= 4 is 11.9 Å². The lowest BCUT2D eigenvalue weighted by Gasteiger charge is -2.26. The molecule has 0 radical (unpaired) electrons. The van der Waals surface area contributed by atoms with Gasteiger partial charge in [-0.05, 0) is 0 Å². The lowest BCUT2D eigenvalue weighted by molar-refractivity contribution is -0.150. The van der Waals surface area contributed by atoms with Crippen molar-refractivity contribution in [2.75, 3.05) is 46.0 Å². The van der Waals surface area contributed by atoms with Gasteiger partial charge < -0.3 is 24.6 Å².